The van der Waals surface area contributed by atoms with Crippen LogP contribution in [0.4, 0.5) is 11.4 Å². The normalized spacial score (nSPS) is 10.4. The van der Waals surface area contributed by atoms with Crippen molar-refractivity contribution < 1.29 is 9.59 Å². The standard InChI is InChI=1S/C24H24N2O2S/c1-16-6-4-9-19(14-16)24(28)25-20-10-12-21(13-11-20)29-15-22(27)26-23-17(2)7-5-8-18(23)3/h4-14H,15H2,1-3H3,(H,25,28)(H,26,27). The Morgan fingerprint density at radius 1 is 0.828 bits per heavy atom. The first-order valence-corrected chi connectivity index (χ1v) is 10.4. The fourth-order valence-electron chi connectivity index (χ4n) is 2.96. The molecule has 4 nitrogen and oxygen atoms in total. The quantitative estimate of drug-likeness (QED) is 0.526. The Kier molecular flexibility index (Phi) is 6.73. The highest BCUT2D eigenvalue weighted by atomic mass is 32.2. The molecule has 0 aliphatic heterocycles. The largest absolute Gasteiger partial charge is 0.325 e. The average molecular weight is 405 g/mol. The van der Waals surface area contributed by atoms with Gasteiger partial charge in [-0.15, -0.1) is 11.8 Å². The summed E-state index contributed by atoms with van der Waals surface area (Å²) in [4.78, 5) is 25.6. The van der Waals surface area contributed by atoms with Gasteiger partial charge in [-0.1, -0.05) is 35.9 Å². The van der Waals surface area contributed by atoms with Crippen molar-refractivity contribution in [3.63, 3.8) is 0 Å². The van der Waals surface area contributed by atoms with E-state index in [2.05, 4.69) is 10.6 Å². The highest BCUT2D eigenvalue weighted by molar-refractivity contribution is 8.00. The Labute approximate surface area is 175 Å². The van der Waals surface area contributed by atoms with Crippen LogP contribution >= 0.6 is 11.8 Å². The minimum atomic E-state index is -0.137. The summed E-state index contributed by atoms with van der Waals surface area (Å²) in [6.45, 7) is 5.93. The van der Waals surface area contributed by atoms with E-state index in [-0.39, 0.29) is 11.8 Å². The molecule has 0 fully saturated rings. The fourth-order valence-corrected chi connectivity index (χ4v) is 3.66. The molecule has 29 heavy (non-hydrogen) atoms. The van der Waals surface area contributed by atoms with Crippen molar-refractivity contribution in [3.8, 4) is 0 Å². The van der Waals surface area contributed by atoms with E-state index in [0.29, 0.717) is 11.3 Å². The number of benzene rings is 3. The Bertz CT molecular complexity index is 1010. The summed E-state index contributed by atoms with van der Waals surface area (Å²) < 4.78 is 0. The molecule has 0 unspecified atom stereocenters. The fraction of sp³-hybridized carbons (Fsp3) is 0.167. The van der Waals surface area contributed by atoms with Crippen LogP contribution in [0.5, 0.6) is 0 Å². The van der Waals surface area contributed by atoms with Gasteiger partial charge < -0.3 is 10.6 Å². The summed E-state index contributed by atoms with van der Waals surface area (Å²) in [6.07, 6.45) is 0. The second-order valence-electron chi connectivity index (χ2n) is 6.95. The van der Waals surface area contributed by atoms with Crippen LogP contribution in [0.25, 0.3) is 0 Å². The zero-order valence-corrected chi connectivity index (χ0v) is 17.6. The third-order valence-electron chi connectivity index (χ3n) is 4.51. The number of para-hydroxylation sites is 1. The summed E-state index contributed by atoms with van der Waals surface area (Å²) in [5, 5.41) is 5.89. The molecule has 0 radical (unpaired) electrons. The smallest absolute Gasteiger partial charge is 0.255 e. The zero-order valence-electron chi connectivity index (χ0n) is 16.8. The number of hydrogen-bond acceptors (Lipinski definition) is 3. The van der Waals surface area contributed by atoms with Crippen LogP contribution in [0.1, 0.15) is 27.0 Å². The van der Waals surface area contributed by atoms with Gasteiger partial charge in [0.1, 0.15) is 0 Å². The maximum absolute atomic E-state index is 12.3. The van der Waals surface area contributed by atoms with Crippen molar-refractivity contribution in [3.05, 3.63) is 89.0 Å². The second kappa shape index (κ2) is 9.43. The minimum absolute atomic E-state index is 0.0378. The van der Waals surface area contributed by atoms with Gasteiger partial charge in [0.15, 0.2) is 0 Å². The molecule has 2 amide bonds. The van der Waals surface area contributed by atoms with Crippen LogP contribution in [0.3, 0.4) is 0 Å². The van der Waals surface area contributed by atoms with E-state index in [1.807, 2.05) is 81.4 Å². The first-order valence-electron chi connectivity index (χ1n) is 9.39. The monoisotopic (exact) mass is 404 g/mol. The minimum Gasteiger partial charge on any atom is -0.325 e. The summed E-state index contributed by atoms with van der Waals surface area (Å²) in [7, 11) is 0. The van der Waals surface area contributed by atoms with Crippen molar-refractivity contribution in [2.75, 3.05) is 16.4 Å². The molecule has 2 N–H and O–H groups in total. The lowest BCUT2D eigenvalue weighted by atomic mass is 10.1. The lowest BCUT2D eigenvalue weighted by Gasteiger charge is -2.11. The first kappa shape index (κ1) is 20.7. The number of anilines is 2. The van der Waals surface area contributed by atoms with Gasteiger partial charge in [-0.25, -0.2) is 0 Å². The number of hydrogen-bond donors (Lipinski definition) is 2. The predicted molar refractivity (Wildman–Crippen MR) is 121 cm³/mol. The number of thioether (sulfide) groups is 1. The summed E-state index contributed by atoms with van der Waals surface area (Å²) >= 11 is 1.46. The second-order valence-corrected chi connectivity index (χ2v) is 8.00. The topological polar surface area (TPSA) is 58.2 Å². The molecule has 0 atom stereocenters. The zero-order chi connectivity index (χ0) is 20.8. The molecule has 0 aliphatic rings. The van der Waals surface area contributed by atoms with Crippen LogP contribution in [-0.2, 0) is 4.79 Å². The van der Waals surface area contributed by atoms with Gasteiger partial charge >= 0.3 is 0 Å². The van der Waals surface area contributed by atoms with Gasteiger partial charge in [0.2, 0.25) is 5.91 Å². The summed E-state index contributed by atoms with van der Waals surface area (Å²) in [5.41, 5.74) is 5.39. The van der Waals surface area contributed by atoms with Crippen molar-refractivity contribution in [2.24, 2.45) is 0 Å². The average Bonchev–Trinajstić information content (AvgIpc) is 2.70. The Balaban J connectivity index is 1.54. The van der Waals surface area contributed by atoms with Gasteiger partial charge in [-0.2, -0.15) is 0 Å². The molecule has 0 saturated heterocycles. The van der Waals surface area contributed by atoms with Gasteiger partial charge in [0.05, 0.1) is 5.75 Å². The van der Waals surface area contributed by atoms with Crippen LogP contribution in [-0.4, -0.2) is 17.6 Å². The molecule has 0 heterocycles. The maximum Gasteiger partial charge on any atom is 0.255 e. The van der Waals surface area contributed by atoms with Crippen LogP contribution in [0, 0.1) is 20.8 Å². The molecule has 3 aromatic rings. The molecule has 5 heteroatoms. The molecule has 3 rings (SSSR count). The Morgan fingerprint density at radius 2 is 1.48 bits per heavy atom. The van der Waals surface area contributed by atoms with Crippen LogP contribution in [0.2, 0.25) is 0 Å². The first-order chi connectivity index (χ1) is 13.9. The summed E-state index contributed by atoms with van der Waals surface area (Å²) in [5.74, 6) is 0.147. The molecule has 0 bridgehead atoms. The van der Waals surface area contributed by atoms with Gasteiger partial charge in [0.25, 0.3) is 5.91 Å². The molecule has 0 spiro atoms. The van der Waals surface area contributed by atoms with E-state index < -0.39 is 0 Å². The number of carbonyl (C=O) groups excluding carboxylic acids is 2. The molecular formula is C24H24N2O2S. The van der Waals surface area contributed by atoms with Crippen LogP contribution in [0.15, 0.2) is 71.6 Å². The lowest BCUT2D eigenvalue weighted by molar-refractivity contribution is -0.113. The maximum atomic E-state index is 12.3. The van der Waals surface area contributed by atoms with Gasteiger partial charge in [-0.05, 0) is 68.3 Å². The third-order valence-corrected chi connectivity index (χ3v) is 5.52. The van der Waals surface area contributed by atoms with Crippen molar-refractivity contribution in [2.45, 2.75) is 25.7 Å². The Hall–Kier alpha value is -3.05. The van der Waals surface area contributed by atoms with E-state index in [1.165, 1.54) is 11.8 Å². The van der Waals surface area contributed by atoms with Crippen molar-refractivity contribution in [1.82, 2.24) is 0 Å². The lowest BCUT2D eigenvalue weighted by Crippen LogP contribution is -2.15. The SMILES string of the molecule is Cc1cccc(C(=O)Nc2ccc(SCC(=O)Nc3c(C)cccc3C)cc2)c1. The van der Waals surface area contributed by atoms with Crippen molar-refractivity contribution >= 4 is 35.0 Å². The van der Waals surface area contributed by atoms with Gasteiger partial charge in [-0.3, -0.25) is 9.59 Å². The molecular weight excluding hydrogens is 380 g/mol. The highest BCUT2D eigenvalue weighted by Gasteiger charge is 2.09. The molecule has 3 aromatic carbocycles. The van der Waals surface area contributed by atoms with E-state index in [4.69, 9.17) is 0 Å². The third kappa shape index (κ3) is 5.72. The number of nitrogens with one attached hydrogen (secondary N) is 2. The molecule has 0 aromatic heterocycles. The van der Waals surface area contributed by atoms with E-state index >= 15 is 0 Å². The molecule has 0 saturated carbocycles. The number of amides is 2. The van der Waals surface area contributed by atoms with Gasteiger partial charge in [0, 0.05) is 21.8 Å². The van der Waals surface area contributed by atoms with E-state index in [0.717, 1.165) is 33.0 Å². The van der Waals surface area contributed by atoms with E-state index in [9.17, 15) is 9.59 Å². The number of rotatable bonds is 6. The molecule has 0 aliphatic carbocycles. The van der Waals surface area contributed by atoms with Crippen LogP contribution < -0.4 is 10.6 Å². The highest BCUT2D eigenvalue weighted by Crippen LogP contribution is 2.23. The predicted octanol–water partition coefficient (Wildman–Crippen LogP) is 5.59. The van der Waals surface area contributed by atoms with E-state index in [1.54, 1.807) is 6.07 Å². The van der Waals surface area contributed by atoms with Crippen molar-refractivity contribution in [1.29, 1.82) is 0 Å². The molecule has 148 valence electrons. The Morgan fingerprint density at radius 3 is 2.14 bits per heavy atom. The summed E-state index contributed by atoms with van der Waals surface area (Å²) in [6, 6.07) is 20.9. The number of carbonyl (C=O) groups is 2. The number of aryl methyl sites for hydroxylation is 3.